The minimum absolute atomic E-state index is 0.0546. The van der Waals surface area contributed by atoms with Crippen LogP contribution in [0.3, 0.4) is 0 Å². The van der Waals surface area contributed by atoms with Gasteiger partial charge in [-0.3, -0.25) is 24.3 Å². The zero-order valence-electron chi connectivity index (χ0n) is 26.4. The van der Waals surface area contributed by atoms with E-state index in [-0.39, 0.29) is 49.9 Å². The molecule has 3 N–H and O–H groups in total. The largest absolute Gasteiger partial charge is 0.394 e. The summed E-state index contributed by atoms with van der Waals surface area (Å²) < 4.78 is 5.22. The number of benzene rings is 1. The number of carbonyl (C=O) groups excluding carboxylic acids is 3. The average molecular weight is 617 g/mol. The van der Waals surface area contributed by atoms with Gasteiger partial charge in [-0.05, 0) is 50.3 Å². The fourth-order valence-corrected chi connectivity index (χ4v) is 5.16. The summed E-state index contributed by atoms with van der Waals surface area (Å²) in [5, 5.41) is 14.5. The molecule has 2 heterocycles. The zero-order chi connectivity index (χ0) is 32.3. The molecule has 1 aliphatic heterocycles. The van der Waals surface area contributed by atoms with Crippen molar-refractivity contribution in [3.05, 3.63) is 89.3 Å². The van der Waals surface area contributed by atoms with Gasteiger partial charge < -0.3 is 25.4 Å². The highest BCUT2D eigenvalue weighted by atomic mass is 16.5. The predicted molar refractivity (Wildman–Crippen MR) is 172 cm³/mol. The predicted octanol–water partition coefficient (Wildman–Crippen LogP) is 3.17. The minimum atomic E-state index is -0.835. The van der Waals surface area contributed by atoms with Gasteiger partial charge in [0, 0.05) is 37.3 Å². The van der Waals surface area contributed by atoms with E-state index < -0.39 is 11.9 Å². The normalized spacial score (nSPS) is 16.2. The molecule has 2 aromatic rings. The molecule has 11 nitrogen and oxygen atoms in total. The van der Waals surface area contributed by atoms with E-state index in [0.717, 1.165) is 36.1 Å². The zero-order valence-corrected chi connectivity index (χ0v) is 26.4. The van der Waals surface area contributed by atoms with E-state index in [9.17, 15) is 14.4 Å². The molecule has 45 heavy (non-hydrogen) atoms. The van der Waals surface area contributed by atoms with Crippen LogP contribution in [0.5, 0.6) is 0 Å². The number of pyridine rings is 1. The Morgan fingerprint density at radius 2 is 1.91 bits per heavy atom. The lowest BCUT2D eigenvalue weighted by atomic mass is 10.0. The Bertz CT molecular complexity index is 1420. The van der Waals surface area contributed by atoms with Crippen LogP contribution >= 0.6 is 0 Å². The first kappa shape index (κ1) is 33.5. The molecule has 4 rings (SSSR count). The summed E-state index contributed by atoms with van der Waals surface area (Å²) in [6.07, 6.45) is 5.31. The van der Waals surface area contributed by atoms with E-state index in [1.807, 2.05) is 49.1 Å². The van der Waals surface area contributed by atoms with Gasteiger partial charge in [-0.25, -0.2) is 4.99 Å². The van der Waals surface area contributed by atoms with E-state index in [1.165, 1.54) is 0 Å². The maximum atomic E-state index is 13.3. The van der Waals surface area contributed by atoms with Gasteiger partial charge >= 0.3 is 0 Å². The third kappa shape index (κ3) is 8.64. The quantitative estimate of drug-likeness (QED) is 0.195. The Balaban J connectivity index is 1.51. The summed E-state index contributed by atoms with van der Waals surface area (Å²) in [4.78, 5) is 52.7. The third-order valence-electron chi connectivity index (χ3n) is 7.67. The van der Waals surface area contributed by atoms with Crippen LogP contribution in [0, 0.1) is 0 Å². The maximum Gasteiger partial charge on any atom is 0.270 e. The van der Waals surface area contributed by atoms with Crippen molar-refractivity contribution in [2.45, 2.75) is 65.0 Å². The first-order valence-electron chi connectivity index (χ1n) is 15.6. The van der Waals surface area contributed by atoms with Crippen molar-refractivity contribution >= 4 is 23.4 Å². The molecule has 1 fully saturated rings. The van der Waals surface area contributed by atoms with Crippen molar-refractivity contribution < 1.29 is 24.2 Å². The van der Waals surface area contributed by atoms with Gasteiger partial charge in [-0.15, -0.1) is 0 Å². The number of nitrogens with zero attached hydrogens (tertiary/aromatic N) is 4. The molecule has 1 atom stereocenters. The summed E-state index contributed by atoms with van der Waals surface area (Å²) >= 11 is 0. The minimum Gasteiger partial charge on any atom is -0.394 e. The monoisotopic (exact) mass is 616 g/mol. The Kier molecular flexibility index (Phi) is 12.0. The first-order chi connectivity index (χ1) is 21.8. The van der Waals surface area contributed by atoms with E-state index in [2.05, 4.69) is 29.1 Å². The number of amides is 3. The van der Waals surface area contributed by atoms with E-state index in [1.54, 1.807) is 23.2 Å². The van der Waals surface area contributed by atoms with E-state index in [4.69, 9.17) is 14.8 Å². The van der Waals surface area contributed by atoms with Crippen molar-refractivity contribution in [1.29, 1.82) is 0 Å². The second kappa shape index (κ2) is 16.1. The van der Waals surface area contributed by atoms with Crippen molar-refractivity contribution in [2.24, 2.45) is 4.99 Å². The fraction of sp³-hybridized carbons (Fsp3) is 0.441. The second-order valence-electron chi connectivity index (χ2n) is 11.1. The Hall–Kier alpha value is -4.35. The molecule has 1 aliphatic carbocycles. The molecule has 0 bridgehead atoms. The fourth-order valence-electron chi connectivity index (χ4n) is 5.16. The molecular weight excluding hydrogens is 572 g/mol. The number of rotatable bonds is 16. The Labute approximate surface area is 265 Å². The summed E-state index contributed by atoms with van der Waals surface area (Å²) in [7, 11) is 0. The molecule has 11 heteroatoms. The molecule has 0 unspecified atom stereocenters. The number of aliphatic imine (C=N–C) groups is 1. The van der Waals surface area contributed by atoms with Crippen LogP contribution in [0.1, 0.15) is 68.1 Å². The van der Waals surface area contributed by atoms with Gasteiger partial charge in [0.25, 0.3) is 11.8 Å². The number of hydrogen-bond donors (Lipinski definition) is 3. The number of aliphatic hydroxyl groups excluding tert-OH is 1. The van der Waals surface area contributed by atoms with E-state index >= 15 is 0 Å². The summed E-state index contributed by atoms with van der Waals surface area (Å²) in [6.45, 7) is 11.4. The van der Waals surface area contributed by atoms with Gasteiger partial charge in [0.1, 0.15) is 23.4 Å². The Morgan fingerprint density at radius 1 is 1.16 bits per heavy atom. The van der Waals surface area contributed by atoms with Crippen LogP contribution in [0.15, 0.2) is 77.4 Å². The molecular formula is C34H44N6O5. The smallest absolute Gasteiger partial charge is 0.270 e. The van der Waals surface area contributed by atoms with Crippen LogP contribution in [-0.2, 0) is 20.7 Å². The molecule has 1 aromatic heterocycles. The molecule has 1 aromatic carbocycles. The molecule has 2 aliphatic rings. The topological polar surface area (TPSA) is 136 Å². The second-order valence-corrected chi connectivity index (χ2v) is 11.1. The first-order valence-corrected chi connectivity index (χ1v) is 15.6. The van der Waals surface area contributed by atoms with Gasteiger partial charge in [0.2, 0.25) is 5.91 Å². The van der Waals surface area contributed by atoms with Gasteiger partial charge in [0.05, 0.1) is 31.1 Å². The number of ether oxygens (including phenoxy) is 1. The molecule has 3 amide bonds. The van der Waals surface area contributed by atoms with Crippen LogP contribution in [-0.4, -0.2) is 88.3 Å². The molecule has 240 valence electrons. The molecule has 0 radical (unpaired) electrons. The van der Waals surface area contributed by atoms with Crippen molar-refractivity contribution in [3.8, 4) is 0 Å². The van der Waals surface area contributed by atoms with Crippen molar-refractivity contribution in [2.75, 3.05) is 32.9 Å². The van der Waals surface area contributed by atoms with Gasteiger partial charge in [-0.2, -0.15) is 0 Å². The molecule has 0 saturated heterocycles. The Morgan fingerprint density at radius 3 is 2.53 bits per heavy atom. The SMILES string of the molecule is C=C1N(CCC)C(/N=C(\CC)c2ccc(C(=O)N[C@H](Cc3ccccc3)C(=O)NCCOCCO)nc2)=C(C)C(=O)N1C1CC1. The van der Waals surface area contributed by atoms with Crippen LogP contribution < -0.4 is 10.6 Å². The number of aromatic nitrogens is 1. The number of aliphatic hydroxyl groups is 1. The van der Waals surface area contributed by atoms with Crippen LogP contribution in [0.4, 0.5) is 0 Å². The van der Waals surface area contributed by atoms with E-state index in [0.29, 0.717) is 36.6 Å². The van der Waals surface area contributed by atoms with Gasteiger partial charge in [0.15, 0.2) is 0 Å². The van der Waals surface area contributed by atoms with Crippen LogP contribution in [0.2, 0.25) is 0 Å². The molecule has 1 saturated carbocycles. The standard InChI is InChI=1S/C34H44N6O5/c1-5-17-39-24(4)40(27-13-14-27)34(44)23(3)31(39)37-28(6-2)26-12-15-29(36-22-26)33(43)38-30(21-25-10-8-7-9-11-25)32(42)35-16-19-45-20-18-41/h7-12,15,22,27,30,41H,4-6,13-14,16-21H2,1-3H3,(H,35,42)(H,38,43)/b37-28+/t30-/m1/s1. The van der Waals surface area contributed by atoms with Crippen molar-refractivity contribution in [3.63, 3.8) is 0 Å². The number of nitrogens with one attached hydrogen (secondary N) is 2. The maximum absolute atomic E-state index is 13.3. The lowest BCUT2D eigenvalue weighted by Gasteiger charge is -2.39. The van der Waals surface area contributed by atoms with Crippen molar-refractivity contribution in [1.82, 2.24) is 25.4 Å². The summed E-state index contributed by atoms with van der Waals surface area (Å²) in [6, 6.07) is 12.2. The highest BCUT2D eigenvalue weighted by Gasteiger charge is 2.41. The highest BCUT2D eigenvalue weighted by Crippen LogP contribution is 2.37. The third-order valence-corrected chi connectivity index (χ3v) is 7.67. The number of carbonyl (C=O) groups is 3. The average Bonchev–Trinajstić information content (AvgIpc) is 3.89. The lowest BCUT2D eigenvalue weighted by Crippen LogP contribution is -2.48. The lowest BCUT2D eigenvalue weighted by molar-refractivity contribution is -0.128. The highest BCUT2D eigenvalue weighted by molar-refractivity contribution is 6.03. The van der Waals surface area contributed by atoms with Gasteiger partial charge in [-0.1, -0.05) is 50.8 Å². The molecule has 0 spiro atoms. The van der Waals surface area contributed by atoms with Crippen LogP contribution in [0.25, 0.3) is 0 Å². The summed E-state index contributed by atoms with van der Waals surface area (Å²) in [5.74, 6) is 0.383. The number of hydrogen-bond acceptors (Lipinski definition) is 8. The summed E-state index contributed by atoms with van der Waals surface area (Å²) in [5.41, 5.74) is 3.11.